The topological polar surface area (TPSA) is 53.0 Å². The highest BCUT2D eigenvalue weighted by atomic mass is 15.1. The summed E-state index contributed by atoms with van der Waals surface area (Å²) in [6.07, 6.45) is 4.12. The van der Waals surface area contributed by atoms with E-state index in [9.17, 15) is 0 Å². The van der Waals surface area contributed by atoms with Crippen LogP contribution in [0, 0.1) is 18.3 Å². The maximum Gasteiger partial charge on any atom is 0.101 e. The molecule has 0 fully saturated rings. The van der Waals surface area contributed by atoms with Gasteiger partial charge >= 0.3 is 0 Å². The predicted octanol–water partition coefficient (Wildman–Crippen LogP) is 2.77. The molecule has 1 aromatic rings. The summed E-state index contributed by atoms with van der Waals surface area (Å²) in [7, 11) is 0. The molecule has 1 atom stereocenters. The Kier molecular flexibility index (Phi) is 4.11. The number of anilines is 1. The van der Waals surface area contributed by atoms with Gasteiger partial charge in [0.05, 0.1) is 6.07 Å². The van der Waals surface area contributed by atoms with Gasteiger partial charge < -0.3 is 10.6 Å². The first kappa shape index (κ1) is 13.9. The van der Waals surface area contributed by atoms with Crippen LogP contribution in [0.4, 0.5) is 5.69 Å². The first-order valence-corrected chi connectivity index (χ1v) is 7.06. The van der Waals surface area contributed by atoms with E-state index in [2.05, 4.69) is 36.1 Å². The quantitative estimate of drug-likeness (QED) is 0.902. The van der Waals surface area contributed by atoms with Crippen LogP contribution in [0.3, 0.4) is 0 Å². The van der Waals surface area contributed by atoms with Crippen LogP contribution >= 0.6 is 0 Å². The number of hydrogen-bond donors (Lipinski definition) is 1. The summed E-state index contributed by atoms with van der Waals surface area (Å²) in [5.74, 6) is 0. The Morgan fingerprint density at radius 1 is 1.47 bits per heavy atom. The van der Waals surface area contributed by atoms with Gasteiger partial charge in [0.2, 0.25) is 0 Å². The average Bonchev–Trinajstić information content (AvgIpc) is 2.38. The lowest BCUT2D eigenvalue weighted by Gasteiger charge is -2.32. The largest absolute Gasteiger partial charge is 0.371 e. The van der Waals surface area contributed by atoms with Gasteiger partial charge in [-0.05, 0) is 51.2 Å². The lowest BCUT2D eigenvalue weighted by atomic mass is 9.97. The van der Waals surface area contributed by atoms with E-state index in [1.54, 1.807) is 6.92 Å². The summed E-state index contributed by atoms with van der Waals surface area (Å²) in [6, 6.07) is 8.87. The van der Waals surface area contributed by atoms with E-state index in [0.717, 1.165) is 25.9 Å². The molecule has 0 spiro atoms. The van der Waals surface area contributed by atoms with E-state index in [1.807, 2.05) is 0 Å². The first-order chi connectivity index (χ1) is 9.02. The number of rotatable bonds is 4. The molecule has 1 aliphatic rings. The summed E-state index contributed by atoms with van der Waals surface area (Å²) >= 11 is 0. The van der Waals surface area contributed by atoms with Gasteiger partial charge in [0.15, 0.2) is 0 Å². The van der Waals surface area contributed by atoms with Gasteiger partial charge in [-0.2, -0.15) is 5.26 Å². The Bertz CT molecular complexity index is 485. The second kappa shape index (κ2) is 5.63. The van der Waals surface area contributed by atoms with Crippen molar-refractivity contribution in [3.05, 3.63) is 29.3 Å². The molecule has 19 heavy (non-hydrogen) atoms. The summed E-state index contributed by atoms with van der Waals surface area (Å²) in [5.41, 5.74) is 9.34. The molecule has 102 valence electrons. The Labute approximate surface area is 116 Å². The maximum absolute atomic E-state index is 8.93. The second-order valence-electron chi connectivity index (χ2n) is 5.86. The zero-order valence-electron chi connectivity index (χ0n) is 11.9. The van der Waals surface area contributed by atoms with Crippen LogP contribution in [0.25, 0.3) is 0 Å². The minimum absolute atomic E-state index is 0.689. The molecule has 1 aliphatic heterocycles. The van der Waals surface area contributed by atoms with E-state index in [0.29, 0.717) is 0 Å². The number of nitriles is 1. The van der Waals surface area contributed by atoms with Gasteiger partial charge in [-0.3, -0.25) is 0 Å². The molecule has 0 saturated carbocycles. The molecule has 3 heteroatoms. The second-order valence-corrected chi connectivity index (χ2v) is 5.86. The van der Waals surface area contributed by atoms with Crippen LogP contribution in [0.1, 0.15) is 37.3 Å². The van der Waals surface area contributed by atoms with Crippen LogP contribution in [-0.4, -0.2) is 18.6 Å². The third-order valence-corrected chi connectivity index (χ3v) is 3.83. The molecule has 2 N–H and O–H groups in total. The molecule has 0 aromatic heterocycles. The molecule has 0 radical (unpaired) electrons. The van der Waals surface area contributed by atoms with Crippen LogP contribution in [-0.2, 0) is 6.42 Å². The smallest absolute Gasteiger partial charge is 0.101 e. The summed E-state index contributed by atoms with van der Waals surface area (Å²) < 4.78 is 0. The number of aryl methyl sites for hydroxylation is 2. The zero-order chi connectivity index (χ0) is 13.9. The van der Waals surface area contributed by atoms with Crippen molar-refractivity contribution >= 4 is 5.69 Å². The highest BCUT2D eigenvalue weighted by Gasteiger charge is 2.20. The molecular weight excluding hydrogens is 234 g/mol. The van der Waals surface area contributed by atoms with E-state index in [1.165, 1.54) is 29.7 Å². The van der Waals surface area contributed by atoms with Crippen molar-refractivity contribution < 1.29 is 0 Å². The summed E-state index contributed by atoms with van der Waals surface area (Å²) in [6.45, 7) is 6.06. The molecule has 0 amide bonds. The number of fused-ring (bicyclic) bond motifs is 1. The van der Waals surface area contributed by atoms with Gasteiger partial charge in [0.25, 0.3) is 0 Å². The van der Waals surface area contributed by atoms with Crippen molar-refractivity contribution in [2.45, 2.75) is 45.1 Å². The molecule has 0 aliphatic carbocycles. The monoisotopic (exact) mass is 257 g/mol. The van der Waals surface area contributed by atoms with E-state index in [-0.39, 0.29) is 0 Å². The van der Waals surface area contributed by atoms with E-state index >= 15 is 0 Å². The molecule has 1 unspecified atom stereocenters. The lowest BCUT2D eigenvalue weighted by molar-refractivity contribution is 0.514. The van der Waals surface area contributed by atoms with Crippen LogP contribution in [0.15, 0.2) is 18.2 Å². The normalized spacial score (nSPS) is 17.5. The van der Waals surface area contributed by atoms with Crippen molar-refractivity contribution in [1.82, 2.24) is 0 Å². The van der Waals surface area contributed by atoms with Crippen molar-refractivity contribution in [2.75, 3.05) is 18.0 Å². The standard InChI is InChI=1S/C16H23N3/c1-13-6-7-15-14(11-13)5-3-9-19(15)10-4-8-16(2,18)12-17/h6-7,11H,3-5,8-10,18H2,1-2H3. The highest BCUT2D eigenvalue weighted by molar-refractivity contribution is 5.56. The third kappa shape index (κ3) is 3.48. The number of nitrogens with two attached hydrogens (primary N) is 1. The summed E-state index contributed by atoms with van der Waals surface area (Å²) in [4.78, 5) is 2.44. The van der Waals surface area contributed by atoms with E-state index in [4.69, 9.17) is 11.0 Å². The fourth-order valence-corrected chi connectivity index (χ4v) is 2.73. The average molecular weight is 257 g/mol. The van der Waals surface area contributed by atoms with Gasteiger partial charge in [-0.15, -0.1) is 0 Å². The van der Waals surface area contributed by atoms with Gasteiger partial charge in [0.1, 0.15) is 5.54 Å². The molecule has 1 heterocycles. The van der Waals surface area contributed by atoms with Crippen LogP contribution in [0.5, 0.6) is 0 Å². The van der Waals surface area contributed by atoms with Crippen molar-refractivity contribution in [3.8, 4) is 6.07 Å². The first-order valence-electron chi connectivity index (χ1n) is 7.06. The highest BCUT2D eigenvalue weighted by Crippen LogP contribution is 2.28. The number of benzene rings is 1. The van der Waals surface area contributed by atoms with E-state index < -0.39 is 5.54 Å². The minimum Gasteiger partial charge on any atom is -0.371 e. The molecule has 1 aromatic carbocycles. The van der Waals surface area contributed by atoms with Crippen LogP contribution in [0.2, 0.25) is 0 Å². The Balaban J connectivity index is 1.99. The molecule has 0 saturated heterocycles. The number of nitrogens with zero attached hydrogens (tertiary/aromatic N) is 2. The van der Waals surface area contributed by atoms with Crippen molar-refractivity contribution in [2.24, 2.45) is 5.73 Å². The molecule has 0 bridgehead atoms. The van der Waals surface area contributed by atoms with Crippen LogP contribution < -0.4 is 10.6 Å². The fourth-order valence-electron chi connectivity index (χ4n) is 2.73. The number of hydrogen-bond acceptors (Lipinski definition) is 3. The van der Waals surface area contributed by atoms with Gasteiger partial charge in [0, 0.05) is 18.8 Å². The summed E-state index contributed by atoms with van der Waals surface area (Å²) in [5, 5.41) is 8.93. The predicted molar refractivity (Wildman–Crippen MR) is 79.2 cm³/mol. The zero-order valence-corrected chi connectivity index (χ0v) is 11.9. The third-order valence-electron chi connectivity index (χ3n) is 3.83. The lowest BCUT2D eigenvalue weighted by Crippen LogP contribution is -2.36. The Morgan fingerprint density at radius 3 is 3.00 bits per heavy atom. The minimum atomic E-state index is -0.689. The molecule has 3 nitrogen and oxygen atoms in total. The van der Waals surface area contributed by atoms with Gasteiger partial charge in [-0.25, -0.2) is 0 Å². The van der Waals surface area contributed by atoms with Crippen molar-refractivity contribution in [3.63, 3.8) is 0 Å². The Morgan fingerprint density at radius 2 is 2.26 bits per heavy atom. The molecular formula is C16H23N3. The van der Waals surface area contributed by atoms with Gasteiger partial charge in [-0.1, -0.05) is 17.7 Å². The van der Waals surface area contributed by atoms with Crippen molar-refractivity contribution in [1.29, 1.82) is 5.26 Å². The Hall–Kier alpha value is -1.53. The molecule has 2 rings (SSSR count). The fraction of sp³-hybridized carbons (Fsp3) is 0.562. The maximum atomic E-state index is 8.93. The SMILES string of the molecule is Cc1ccc2c(c1)CCCN2CCCC(C)(N)C#N.